The summed E-state index contributed by atoms with van der Waals surface area (Å²) in [6, 6.07) is 9.92. The molecule has 1 amide bonds. The van der Waals surface area contributed by atoms with Crippen molar-refractivity contribution in [3.63, 3.8) is 0 Å². The van der Waals surface area contributed by atoms with Crippen LogP contribution in [0.25, 0.3) is 0 Å². The monoisotopic (exact) mass is 236 g/mol. The van der Waals surface area contributed by atoms with Crippen molar-refractivity contribution < 1.29 is 9.53 Å². The van der Waals surface area contributed by atoms with E-state index in [1.165, 1.54) is 7.11 Å². The molecule has 1 rings (SSSR count). The Bertz CT molecular complexity index is 327. The van der Waals surface area contributed by atoms with Gasteiger partial charge in [0.15, 0.2) is 0 Å². The molecule has 17 heavy (non-hydrogen) atoms. The van der Waals surface area contributed by atoms with Gasteiger partial charge in [0, 0.05) is 20.2 Å². The third kappa shape index (κ3) is 4.97. The van der Waals surface area contributed by atoms with Crippen LogP contribution in [-0.4, -0.2) is 37.6 Å². The number of hydrogen-bond acceptors (Lipinski definition) is 3. The van der Waals surface area contributed by atoms with Gasteiger partial charge in [-0.3, -0.25) is 4.79 Å². The maximum absolute atomic E-state index is 11.8. The second-order valence-corrected chi connectivity index (χ2v) is 3.88. The van der Waals surface area contributed by atoms with E-state index in [-0.39, 0.29) is 12.5 Å². The molecular weight excluding hydrogens is 216 g/mol. The van der Waals surface area contributed by atoms with Crippen molar-refractivity contribution >= 4 is 5.91 Å². The first-order chi connectivity index (χ1) is 8.27. The van der Waals surface area contributed by atoms with Crippen molar-refractivity contribution in [3.8, 4) is 0 Å². The van der Waals surface area contributed by atoms with E-state index in [9.17, 15) is 4.79 Å². The number of amides is 1. The van der Waals surface area contributed by atoms with E-state index in [4.69, 9.17) is 10.5 Å². The summed E-state index contributed by atoms with van der Waals surface area (Å²) in [6.07, 6.45) is 0.808. The van der Waals surface area contributed by atoms with Gasteiger partial charge in [-0.1, -0.05) is 30.3 Å². The van der Waals surface area contributed by atoms with Crippen LogP contribution in [0.3, 0.4) is 0 Å². The maximum atomic E-state index is 11.8. The number of carbonyl (C=O) groups excluding carboxylic acids is 1. The summed E-state index contributed by atoms with van der Waals surface area (Å²) in [5.74, 6) is 0.00445. The number of benzene rings is 1. The van der Waals surface area contributed by atoms with E-state index in [1.54, 1.807) is 4.90 Å². The highest BCUT2D eigenvalue weighted by Crippen LogP contribution is 2.05. The van der Waals surface area contributed by atoms with Crippen molar-refractivity contribution in [2.24, 2.45) is 5.73 Å². The molecule has 0 spiro atoms. The first-order valence-electron chi connectivity index (χ1n) is 5.78. The Hall–Kier alpha value is -1.39. The minimum absolute atomic E-state index is 0.00445. The van der Waals surface area contributed by atoms with Gasteiger partial charge in [0.1, 0.15) is 6.61 Å². The molecular formula is C13H20N2O2. The molecule has 0 radical (unpaired) electrons. The van der Waals surface area contributed by atoms with E-state index in [1.807, 2.05) is 30.3 Å². The molecule has 0 aromatic heterocycles. The Balaban J connectivity index is 2.59. The summed E-state index contributed by atoms with van der Waals surface area (Å²) in [4.78, 5) is 13.6. The zero-order valence-corrected chi connectivity index (χ0v) is 10.3. The topological polar surface area (TPSA) is 55.6 Å². The minimum atomic E-state index is 0.00445. The summed E-state index contributed by atoms with van der Waals surface area (Å²) in [6.45, 7) is 2.00. The molecule has 0 aliphatic heterocycles. The van der Waals surface area contributed by atoms with E-state index in [2.05, 4.69) is 0 Å². The van der Waals surface area contributed by atoms with Crippen LogP contribution < -0.4 is 5.73 Å². The van der Waals surface area contributed by atoms with E-state index in [0.29, 0.717) is 19.6 Å². The van der Waals surface area contributed by atoms with Crippen LogP contribution in [0.1, 0.15) is 12.0 Å². The molecule has 4 heteroatoms. The molecule has 0 saturated carbocycles. The summed E-state index contributed by atoms with van der Waals surface area (Å²) in [5.41, 5.74) is 6.59. The Kier molecular flexibility index (Phi) is 6.29. The van der Waals surface area contributed by atoms with Crippen molar-refractivity contribution in [1.29, 1.82) is 0 Å². The van der Waals surface area contributed by atoms with Crippen molar-refractivity contribution in [2.45, 2.75) is 13.0 Å². The number of nitrogens with two attached hydrogens (primary N) is 1. The molecule has 0 bridgehead atoms. The average Bonchev–Trinajstić information content (AvgIpc) is 2.36. The molecule has 0 fully saturated rings. The molecule has 94 valence electrons. The first-order valence-corrected chi connectivity index (χ1v) is 5.78. The van der Waals surface area contributed by atoms with Crippen LogP contribution in [0.2, 0.25) is 0 Å². The Morgan fingerprint density at radius 1 is 1.35 bits per heavy atom. The first kappa shape index (κ1) is 13.7. The largest absolute Gasteiger partial charge is 0.375 e. The zero-order chi connectivity index (χ0) is 12.5. The number of nitrogens with zero attached hydrogens (tertiary/aromatic N) is 1. The lowest BCUT2D eigenvalue weighted by Gasteiger charge is -2.22. The van der Waals surface area contributed by atoms with Gasteiger partial charge in [-0.05, 0) is 18.5 Å². The molecule has 1 aromatic rings. The number of hydrogen-bond donors (Lipinski definition) is 1. The van der Waals surface area contributed by atoms with Gasteiger partial charge < -0.3 is 15.4 Å². The lowest BCUT2D eigenvalue weighted by molar-refractivity contribution is -0.135. The van der Waals surface area contributed by atoms with Crippen molar-refractivity contribution in [2.75, 3.05) is 26.8 Å². The van der Waals surface area contributed by atoms with Crippen molar-refractivity contribution in [3.05, 3.63) is 35.9 Å². The lowest BCUT2D eigenvalue weighted by atomic mass is 10.2. The second-order valence-electron chi connectivity index (χ2n) is 3.88. The van der Waals surface area contributed by atoms with Gasteiger partial charge in [0.05, 0.1) is 0 Å². The van der Waals surface area contributed by atoms with Crippen LogP contribution >= 0.6 is 0 Å². The molecule has 0 saturated heterocycles. The van der Waals surface area contributed by atoms with Crippen LogP contribution in [0, 0.1) is 0 Å². The fourth-order valence-corrected chi connectivity index (χ4v) is 1.59. The maximum Gasteiger partial charge on any atom is 0.248 e. The lowest BCUT2D eigenvalue weighted by Crippen LogP contribution is -2.35. The Morgan fingerprint density at radius 3 is 2.65 bits per heavy atom. The normalized spacial score (nSPS) is 10.2. The highest BCUT2D eigenvalue weighted by atomic mass is 16.5. The highest BCUT2D eigenvalue weighted by Gasteiger charge is 2.12. The third-order valence-corrected chi connectivity index (χ3v) is 2.47. The van der Waals surface area contributed by atoms with Crippen molar-refractivity contribution in [1.82, 2.24) is 4.90 Å². The molecule has 0 aliphatic rings. The van der Waals surface area contributed by atoms with Gasteiger partial charge in [-0.2, -0.15) is 0 Å². The summed E-state index contributed by atoms with van der Waals surface area (Å²) in [7, 11) is 1.53. The van der Waals surface area contributed by atoms with Gasteiger partial charge in [-0.25, -0.2) is 0 Å². The van der Waals surface area contributed by atoms with Crippen LogP contribution in [0.15, 0.2) is 30.3 Å². The third-order valence-electron chi connectivity index (χ3n) is 2.47. The molecule has 1 aromatic carbocycles. The number of carbonyl (C=O) groups is 1. The molecule has 0 atom stereocenters. The molecule has 0 aliphatic carbocycles. The average molecular weight is 236 g/mol. The van der Waals surface area contributed by atoms with E-state index < -0.39 is 0 Å². The minimum Gasteiger partial charge on any atom is -0.375 e. The molecule has 4 nitrogen and oxygen atoms in total. The van der Waals surface area contributed by atoms with Crippen LogP contribution in [-0.2, 0) is 16.1 Å². The smallest absolute Gasteiger partial charge is 0.248 e. The van der Waals surface area contributed by atoms with Crippen LogP contribution in [0.5, 0.6) is 0 Å². The summed E-state index contributed by atoms with van der Waals surface area (Å²) in [5, 5.41) is 0. The number of methoxy groups -OCH3 is 1. The van der Waals surface area contributed by atoms with E-state index >= 15 is 0 Å². The number of ether oxygens (including phenoxy) is 1. The fourth-order valence-electron chi connectivity index (χ4n) is 1.59. The standard InChI is InChI=1S/C13H20N2O2/c1-17-11-13(16)15(9-5-8-14)10-12-6-3-2-4-7-12/h2-4,6-7H,5,8-11,14H2,1H3. The second kappa shape index (κ2) is 7.81. The van der Waals surface area contributed by atoms with Gasteiger partial charge in [0.2, 0.25) is 5.91 Å². The Morgan fingerprint density at radius 2 is 2.06 bits per heavy atom. The number of rotatable bonds is 7. The fraction of sp³-hybridized carbons (Fsp3) is 0.462. The quantitative estimate of drug-likeness (QED) is 0.768. The van der Waals surface area contributed by atoms with Gasteiger partial charge in [0.25, 0.3) is 0 Å². The highest BCUT2D eigenvalue weighted by molar-refractivity contribution is 5.77. The molecule has 0 unspecified atom stereocenters. The van der Waals surface area contributed by atoms with Gasteiger partial charge >= 0.3 is 0 Å². The van der Waals surface area contributed by atoms with E-state index in [0.717, 1.165) is 12.0 Å². The Labute approximate surface area is 102 Å². The summed E-state index contributed by atoms with van der Waals surface area (Å²) < 4.78 is 4.88. The summed E-state index contributed by atoms with van der Waals surface area (Å²) >= 11 is 0. The molecule has 0 heterocycles. The predicted octanol–water partition coefficient (Wildman–Crippen LogP) is 1.01. The SMILES string of the molecule is COCC(=O)N(CCCN)Cc1ccccc1. The van der Waals surface area contributed by atoms with Gasteiger partial charge in [-0.15, -0.1) is 0 Å². The predicted molar refractivity (Wildman–Crippen MR) is 67.4 cm³/mol. The molecule has 2 N–H and O–H groups in total. The zero-order valence-electron chi connectivity index (χ0n) is 10.3. The van der Waals surface area contributed by atoms with Crippen LogP contribution in [0.4, 0.5) is 0 Å².